The molecule has 5 heteroatoms. The Hall–Kier alpha value is -1.72. The Bertz CT molecular complexity index is 537. The molecule has 0 radical (unpaired) electrons. The summed E-state index contributed by atoms with van der Waals surface area (Å²) in [7, 11) is 0. The van der Waals surface area contributed by atoms with Gasteiger partial charge in [-0.3, -0.25) is 4.68 Å². The summed E-state index contributed by atoms with van der Waals surface area (Å²) in [4.78, 5) is 0. The first-order valence-corrected chi connectivity index (χ1v) is 7.16. The summed E-state index contributed by atoms with van der Waals surface area (Å²) in [6.45, 7) is 5.05. The van der Waals surface area contributed by atoms with Crippen molar-refractivity contribution in [3.8, 4) is 0 Å². The lowest BCUT2D eigenvalue weighted by Gasteiger charge is -2.26. The number of benzene rings is 1. The molecule has 0 aliphatic rings. The molecule has 114 valence electrons. The molecule has 0 saturated carbocycles. The van der Waals surface area contributed by atoms with Crippen molar-refractivity contribution in [2.24, 2.45) is 0 Å². The molecule has 0 aliphatic heterocycles. The van der Waals surface area contributed by atoms with Gasteiger partial charge in [-0.2, -0.15) is 5.10 Å². The van der Waals surface area contributed by atoms with Crippen LogP contribution in [0, 0.1) is 5.82 Å². The number of rotatable bonds is 7. The molecule has 0 saturated heterocycles. The fourth-order valence-electron chi connectivity index (χ4n) is 2.14. The van der Waals surface area contributed by atoms with Gasteiger partial charge in [0, 0.05) is 31.5 Å². The zero-order valence-corrected chi connectivity index (χ0v) is 12.5. The number of hydrogen-bond acceptors (Lipinski definition) is 3. The van der Waals surface area contributed by atoms with Crippen LogP contribution in [-0.2, 0) is 12.1 Å². The predicted octanol–water partition coefficient (Wildman–Crippen LogP) is 2.30. The van der Waals surface area contributed by atoms with Gasteiger partial charge in [-0.25, -0.2) is 4.39 Å². The summed E-state index contributed by atoms with van der Waals surface area (Å²) >= 11 is 0. The lowest BCUT2D eigenvalue weighted by atomic mass is 9.95. The van der Waals surface area contributed by atoms with Gasteiger partial charge in [0.05, 0.1) is 5.60 Å². The van der Waals surface area contributed by atoms with E-state index in [0.717, 1.165) is 13.0 Å². The van der Waals surface area contributed by atoms with E-state index < -0.39 is 5.60 Å². The van der Waals surface area contributed by atoms with Crippen LogP contribution in [0.1, 0.15) is 25.8 Å². The first kappa shape index (κ1) is 15.7. The van der Waals surface area contributed by atoms with Crippen molar-refractivity contribution in [2.45, 2.75) is 38.5 Å². The van der Waals surface area contributed by atoms with Gasteiger partial charge in [0.1, 0.15) is 5.82 Å². The Morgan fingerprint density at radius 2 is 2.10 bits per heavy atom. The van der Waals surface area contributed by atoms with Crippen molar-refractivity contribution in [1.29, 1.82) is 0 Å². The first-order valence-electron chi connectivity index (χ1n) is 7.16. The summed E-state index contributed by atoms with van der Waals surface area (Å²) < 4.78 is 14.8. The van der Waals surface area contributed by atoms with Crippen LogP contribution in [0.3, 0.4) is 0 Å². The maximum Gasteiger partial charge on any atom is 0.123 e. The van der Waals surface area contributed by atoms with E-state index in [1.165, 1.54) is 12.1 Å². The van der Waals surface area contributed by atoms with Crippen LogP contribution >= 0.6 is 0 Å². The summed E-state index contributed by atoms with van der Waals surface area (Å²) in [6, 6.07) is 8.12. The lowest BCUT2D eigenvalue weighted by Crippen LogP contribution is -2.40. The molecule has 1 aromatic heterocycles. The Morgan fingerprint density at radius 3 is 2.71 bits per heavy atom. The van der Waals surface area contributed by atoms with Crippen LogP contribution in [0.4, 0.5) is 4.39 Å². The third kappa shape index (κ3) is 4.65. The quantitative estimate of drug-likeness (QED) is 0.823. The second kappa shape index (κ2) is 6.83. The highest BCUT2D eigenvalue weighted by Gasteiger charge is 2.23. The van der Waals surface area contributed by atoms with Crippen molar-refractivity contribution in [1.82, 2.24) is 15.1 Å². The SMILES string of the molecule is CC(CCn1cccn1)NCC(C)(O)c1ccc(F)cc1. The summed E-state index contributed by atoms with van der Waals surface area (Å²) in [5.41, 5.74) is -0.316. The van der Waals surface area contributed by atoms with Crippen LogP contribution in [-0.4, -0.2) is 27.5 Å². The third-order valence-corrected chi connectivity index (χ3v) is 3.61. The van der Waals surface area contributed by atoms with E-state index in [-0.39, 0.29) is 11.9 Å². The Morgan fingerprint density at radius 1 is 1.38 bits per heavy atom. The Labute approximate surface area is 124 Å². The molecule has 0 bridgehead atoms. The molecule has 21 heavy (non-hydrogen) atoms. The predicted molar refractivity (Wildman–Crippen MR) is 80.3 cm³/mol. The molecule has 1 heterocycles. The van der Waals surface area contributed by atoms with Crippen molar-refractivity contribution >= 4 is 0 Å². The van der Waals surface area contributed by atoms with Crippen LogP contribution in [0.15, 0.2) is 42.7 Å². The minimum atomic E-state index is -1.02. The summed E-state index contributed by atoms with van der Waals surface area (Å²) in [5, 5.41) is 17.9. The number of nitrogens with zero attached hydrogens (tertiary/aromatic N) is 2. The minimum Gasteiger partial charge on any atom is -0.384 e. The monoisotopic (exact) mass is 291 g/mol. The molecule has 0 fully saturated rings. The molecule has 2 N–H and O–H groups in total. The molecule has 2 rings (SSSR count). The fourth-order valence-corrected chi connectivity index (χ4v) is 2.14. The van der Waals surface area contributed by atoms with E-state index in [0.29, 0.717) is 12.1 Å². The topological polar surface area (TPSA) is 50.1 Å². The average molecular weight is 291 g/mol. The van der Waals surface area contributed by atoms with E-state index in [1.54, 1.807) is 25.3 Å². The molecule has 0 amide bonds. The number of nitrogens with one attached hydrogen (secondary N) is 1. The highest BCUT2D eigenvalue weighted by Crippen LogP contribution is 2.20. The average Bonchev–Trinajstić information content (AvgIpc) is 2.97. The normalized spacial score (nSPS) is 15.6. The summed E-state index contributed by atoms with van der Waals surface area (Å²) in [5.74, 6) is -0.296. The van der Waals surface area contributed by atoms with Crippen LogP contribution in [0.25, 0.3) is 0 Å². The van der Waals surface area contributed by atoms with Gasteiger partial charge in [0.15, 0.2) is 0 Å². The Balaban J connectivity index is 1.81. The van der Waals surface area contributed by atoms with Gasteiger partial charge >= 0.3 is 0 Å². The van der Waals surface area contributed by atoms with E-state index >= 15 is 0 Å². The zero-order chi connectivity index (χ0) is 15.3. The highest BCUT2D eigenvalue weighted by atomic mass is 19.1. The molecule has 2 aromatic rings. The maximum absolute atomic E-state index is 12.9. The van der Waals surface area contributed by atoms with E-state index in [9.17, 15) is 9.50 Å². The Kier molecular flexibility index (Phi) is 5.09. The second-order valence-corrected chi connectivity index (χ2v) is 5.62. The number of aliphatic hydroxyl groups is 1. The standard InChI is InChI=1S/C16H22FN3O/c1-13(8-11-20-10-3-9-19-20)18-12-16(2,21)14-4-6-15(17)7-5-14/h3-7,9-10,13,18,21H,8,11-12H2,1-2H3. The maximum atomic E-state index is 12.9. The van der Waals surface area contributed by atoms with E-state index in [1.807, 2.05) is 16.9 Å². The first-order chi connectivity index (χ1) is 9.97. The molecule has 0 aliphatic carbocycles. The number of aromatic nitrogens is 2. The van der Waals surface area contributed by atoms with E-state index in [2.05, 4.69) is 17.3 Å². The zero-order valence-electron chi connectivity index (χ0n) is 12.5. The lowest BCUT2D eigenvalue weighted by molar-refractivity contribution is 0.0538. The second-order valence-electron chi connectivity index (χ2n) is 5.62. The van der Waals surface area contributed by atoms with Crippen LogP contribution < -0.4 is 5.32 Å². The van der Waals surface area contributed by atoms with Gasteiger partial charge in [0.2, 0.25) is 0 Å². The third-order valence-electron chi connectivity index (χ3n) is 3.61. The number of hydrogen-bond donors (Lipinski definition) is 2. The molecular weight excluding hydrogens is 269 g/mol. The van der Waals surface area contributed by atoms with Gasteiger partial charge in [0.25, 0.3) is 0 Å². The van der Waals surface area contributed by atoms with Crippen molar-refractivity contribution in [3.63, 3.8) is 0 Å². The summed E-state index contributed by atoms with van der Waals surface area (Å²) in [6.07, 6.45) is 4.61. The van der Waals surface area contributed by atoms with Gasteiger partial charge < -0.3 is 10.4 Å². The van der Waals surface area contributed by atoms with Gasteiger partial charge in [-0.1, -0.05) is 12.1 Å². The largest absolute Gasteiger partial charge is 0.384 e. The van der Waals surface area contributed by atoms with Crippen molar-refractivity contribution < 1.29 is 9.50 Å². The van der Waals surface area contributed by atoms with Crippen LogP contribution in [0.2, 0.25) is 0 Å². The minimum absolute atomic E-state index is 0.251. The number of aryl methyl sites for hydroxylation is 1. The molecule has 2 unspecified atom stereocenters. The van der Waals surface area contributed by atoms with Gasteiger partial charge in [-0.05, 0) is 44.0 Å². The van der Waals surface area contributed by atoms with Crippen molar-refractivity contribution in [2.75, 3.05) is 6.54 Å². The number of halogens is 1. The molecule has 0 spiro atoms. The van der Waals surface area contributed by atoms with E-state index in [4.69, 9.17) is 0 Å². The molecular formula is C16H22FN3O. The molecule has 4 nitrogen and oxygen atoms in total. The van der Waals surface area contributed by atoms with Crippen molar-refractivity contribution in [3.05, 3.63) is 54.1 Å². The van der Waals surface area contributed by atoms with Crippen LogP contribution in [0.5, 0.6) is 0 Å². The molecule has 1 aromatic carbocycles. The van der Waals surface area contributed by atoms with Gasteiger partial charge in [-0.15, -0.1) is 0 Å². The highest BCUT2D eigenvalue weighted by molar-refractivity contribution is 5.22. The smallest absolute Gasteiger partial charge is 0.123 e. The molecule has 2 atom stereocenters. The fraction of sp³-hybridized carbons (Fsp3) is 0.438.